The van der Waals surface area contributed by atoms with Crippen LogP contribution in [-0.4, -0.2) is 31.2 Å². The molecular formula is C13H14BrN3O2. The van der Waals surface area contributed by atoms with Gasteiger partial charge in [0.15, 0.2) is 0 Å². The van der Waals surface area contributed by atoms with E-state index in [9.17, 15) is 4.79 Å². The second kappa shape index (κ2) is 5.70. The molecule has 1 saturated heterocycles. The molecule has 1 aliphatic heterocycles. The van der Waals surface area contributed by atoms with Crippen molar-refractivity contribution in [1.29, 1.82) is 5.26 Å². The molecule has 0 radical (unpaired) electrons. The number of nitrogens with zero attached hydrogens (tertiary/aromatic N) is 1. The van der Waals surface area contributed by atoms with Gasteiger partial charge in [0, 0.05) is 17.6 Å². The van der Waals surface area contributed by atoms with Crippen LogP contribution in [0.15, 0.2) is 22.7 Å². The summed E-state index contributed by atoms with van der Waals surface area (Å²) in [5.41, 5.74) is 0.929. The molecule has 100 valence electrons. The first-order valence-electron chi connectivity index (χ1n) is 5.87. The summed E-state index contributed by atoms with van der Waals surface area (Å²) in [5, 5.41) is 14.6. The van der Waals surface area contributed by atoms with Crippen LogP contribution in [0.5, 0.6) is 0 Å². The van der Waals surface area contributed by atoms with Gasteiger partial charge in [0.2, 0.25) is 5.91 Å². The van der Waals surface area contributed by atoms with Crippen LogP contribution in [0.2, 0.25) is 0 Å². The van der Waals surface area contributed by atoms with Crippen molar-refractivity contribution >= 4 is 27.5 Å². The smallest absolute Gasteiger partial charge is 0.250 e. The van der Waals surface area contributed by atoms with E-state index in [-0.39, 0.29) is 18.1 Å². The van der Waals surface area contributed by atoms with Gasteiger partial charge >= 0.3 is 0 Å². The van der Waals surface area contributed by atoms with Gasteiger partial charge in [-0.05, 0) is 41.1 Å². The summed E-state index contributed by atoms with van der Waals surface area (Å²) in [6.07, 6.45) is 0. The van der Waals surface area contributed by atoms with Gasteiger partial charge in [-0.1, -0.05) is 0 Å². The molecule has 1 aromatic rings. The molecule has 1 aromatic carbocycles. The number of hydrogen-bond acceptors (Lipinski definition) is 4. The Hall–Kier alpha value is -1.42. The first kappa shape index (κ1) is 14.0. The molecule has 0 aromatic heterocycles. The van der Waals surface area contributed by atoms with Gasteiger partial charge < -0.3 is 15.4 Å². The van der Waals surface area contributed by atoms with Crippen LogP contribution < -0.4 is 10.6 Å². The van der Waals surface area contributed by atoms with E-state index in [0.29, 0.717) is 15.7 Å². The first-order valence-corrected chi connectivity index (χ1v) is 6.66. The van der Waals surface area contributed by atoms with Crippen molar-refractivity contribution < 1.29 is 9.53 Å². The maximum atomic E-state index is 11.8. The molecule has 0 saturated carbocycles. The van der Waals surface area contributed by atoms with E-state index in [1.165, 1.54) is 0 Å². The summed E-state index contributed by atoms with van der Waals surface area (Å²) in [6, 6.07) is 7.03. The van der Waals surface area contributed by atoms with Gasteiger partial charge in [-0.25, -0.2) is 0 Å². The van der Waals surface area contributed by atoms with Gasteiger partial charge in [-0.15, -0.1) is 0 Å². The fourth-order valence-electron chi connectivity index (χ4n) is 1.69. The Morgan fingerprint density at radius 1 is 1.63 bits per heavy atom. The number of ether oxygens (including phenoxy) is 1. The molecule has 1 fully saturated rings. The average molecular weight is 324 g/mol. The standard InChI is InChI=1S/C13H14BrN3O2/c1-13(7-16-8-13)19-6-12(18)17-11-3-2-9(5-15)4-10(11)14/h2-4,16H,6-8H2,1H3,(H,17,18). The van der Waals surface area contributed by atoms with E-state index in [0.717, 1.165) is 13.1 Å². The third-order valence-corrected chi connectivity index (χ3v) is 3.58. The molecule has 6 heteroatoms. The lowest BCUT2D eigenvalue weighted by molar-refractivity contribution is -0.130. The van der Waals surface area contributed by atoms with Gasteiger partial charge in [-0.3, -0.25) is 4.79 Å². The zero-order valence-corrected chi connectivity index (χ0v) is 12.1. The molecule has 0 spiro atoms. The van der Waals surface area contributed by atoms with Crippen LogP contribution in [0.25, 0.3) is 0 Å². The number of rotatable bonds is 4. The minimum absolute atomic E-state index is 0.0185. The number of amides is 1. The summed E-state index contributed by atoms with van der Waals surface area (Å²) >= 11 is 3.32. The summed E-state index contributed by atoms with van der Waals surface area (Å²) in [6.45, 7) is 3.51. The maximum Gasteiger partial charge on any atom is 0.250 e. The summed E-state index contributed by atoms with van der Waals surface area (Å²) < 4.78 is 6.22. The lowest BCUT2D eigenvalue weighted by atomic mass is 10.0. The largest absolute Gasteiger partial charge is 0.363 e. The van der Waals surface area contributed by atoms with Crippen molar-refractivity contribution in [1.82, 2.24) is 5.32 Å². The molecule has 2 N–H and O–H groups in total. The Labute approximate surface area is 120 Å². The molecule has 0 bridgehead atoms. The van der Waals surface area contributed by atoms with Gasteiger partial charge in [0.05, 0.1) is 22.9 Å². The first-order chi connectivity index (χ1) is 9.02. The molecule has 0 atom stereocenters. The highest BCUT2D eigenvalue weighted by molar-refractivity contribution is 9.10. The Balaban J connectivity index is 1.90. The second-order valence-corrected chi connectivity index (χ2v) is 5.55. The number of carbonyl (C=O) groups excluding carboxylic acids is 1. The Morgan fingerprint density at radius 3 is 2.89 bits per heavy atom. The van der Waals surface area contributed by atoms with Crippen LogP contribution in [0.3, 0.4) is 0 Å². The summed E-state index contributed by atoms with van der Waals surface area (Å²) in [4.78, 5) is 11.8. The fourth-order valence-corrected chi connectivity index (χ4v) is 2.17. The van der Waals surface area contributed by atoms with Crippen LogP contribution in [-0.2, 0) is 9.53 Å². The lowest BCUT2D eigenvalue weighted by Crippen LogP contribution is -2.59. The molecule has 19 heavy (non-hydrogen) atoms. The third kappa shape index (κ3) is 3.53. The lowest BCUT2D eigenvalue weighted by Gasteiger charge is -2.38. The Bertz CT molecular complexity index is 535. The topological polar surface area (TPSA) is 74.1 Å². The number of nitriles is 1. The number of carbonyl (C=O) groups is 1. The van der Waals surface area contributed by atoms with Crippen molar-refractivity contribution in [3.8, 4) is 6.07 Å². The van der Waals surface area contributed by atoms with Crippen LogP contribution >= 0.6 is 15.9 Å². The van der Waals surface area contributed by atoms with Crippen molar-refractivity contribution in [2.24, 2.45) is 0 Å². The second-order valence-electron chi connectivity index (χ2n) is 4.70. The zero-order valence-electron chi connectivity index (χ0n) is 10.5. The van der Waals surface area contributed by atoms with Crippen molar-refractivity contribution in [2.75, 3.05) is 25.0 Å². The van der Waals surface area contributed by atoms with E-state index < -0.39 is 0 Å². The van der Waals surface area contributed by atoms with Crippen molar-refractivity contribution in [3.05, 3.63) is 28.2 Å². The van der Waals surface area contributed by atoms with Crippen LogP contribution in [0.4, 0.5) is 5.69 Å². The van der Waals surface area contributed by atoms with E-state index in [1.54, 1.807) is 18.2 Å². The fraction of sp³-hybridized carbons (Fsp3) is 0.385. The SMILES string of the molecule is CC1(OCC(=O)Nc2ccc(C#N)cc2Br)CNC1. The number of nitrogens with one attached hydrogen (secondary N) is 2. The Morgan fingerprint density at radius 2 is 2.37 bits per heavy atom. The van der Waals surface area contributed by atoms with E-state index in [1.807, 2.05) is 13.0 Å². The van der Waals surface area contributed by atoms with Crippen LogP contribution in [0.1, 0.15) is 12.5 Å². The maximum absolute atomic E-state index is 11.8. The molecule has 1 amide bonds. The summed E-state index contributed by atoms with van der Waals surface area (Å²) in [7, 11) is 0. The highest BCUT2D eigenvalue weighted by Gasteiger charge is 2.33. The molecule has 2 rings (SSSR count). The Kier molecular flexibility index (Phi) is 4.20. The zero-order chi connectivity index (χ0) is 13.9. The minimum Gasteiger partial charge on any atom is -0.363 e. The molecular weight excluding hydrogens is 310 g/mol. The highest BCUT2D eigenvalue weighted by atomic mass is 79.9. The average Bonchev–Trinajstić information content (AvgIpc) is 2.36. The number of hydrogen-bond donors (Lipinski definition) is 2. The molecule has 1 heterocycles. The van der Waals surface area contributed by atoms with Gasteiger partial charge in [0.25, 0.3) is 0 Å². The highest BCUT2D eigenvalue weighted by Crippen LogP contribution is 2.23. The van der Waals surface area contributed by atoms with Gasteiger partial charge in [0.1, 0.15) is 6.61 Å². The van der Waals surface area contributed by atoms with Gasteiger partial charge in [-0.2, -0.15) is 5.26 Å². The van der Waals surface area contributed by atoms with E-state index in [4.69, 9.17) is 10.00 Å². The predicted octanol–water partition coefficient (Wildman–Crippen LogP) is 1.64. The molecule has 1 aliphatic rings. The number of anilines is 1. The molecule has 0 unspecified atom stereocenters. The summed E-state index contributed by atoms with van der Waals surface area (Å²) in [5.74, 6) is -0.210. The molecule has 0 aliphatic carbocycles. The monoisotopic (exact) mass is 323 g/mol. The quantitative estimate of drug-likeness (QED) is 0.883. The minimum atomic E-state index is -0.237. The van der Waals surface area contributed by atoms with E-state index >= 15 is 0 Å². The molecule has 5 nitrogen and oxygen atoms in total. The predicted molar refractivity (Wildman–Crippen MR) is 74.7 cm³/mol. The van der Waals surface area contributed by atoms with Crippen molar-refractivity contribution in [3.63, 3.8) is 0 Å². The normalized spacial score (nSPS) is 16.3. The number of halogens is 1. The van der Waals surface area contributed by atoms with Crippen LogP contribution in [0, 0.1) is 11.3 Å². The number of benzene rings is 1. The van der Waals surface area contributed by atoms with Crippen molar-refractivity contribution in [2.45, 2.75) is 12.5 Å². The van der Waals surface area contributed by atoms with E-state index in [2.05, 4.69) is 26.6 Å². The third-order valence-electron chi connectivity index (χ3n) is 2.92.